The van der Waals surface area contributed by atoms with Crippen LogP contribution < -0.4 is 5.32 Å². The van der Waals surface area contributed by atoms with Crippen molar-refractivity contribution in [2.24, 2.45) is 0 Å². The van der Waals surface area contributed by atoms with E-state index in [-0.39, 0.29) is 5.04 Å². The number of nitrogens with zero attached hydrogens (tertiary/aromatic N) is 1. The first kappa shape index (κ1) is 16.0. The van der Waals surface area contributed by atoms with Crippen molar-refractivity contribution in [2.45, 2.75) is 77.2 Å². The van der Waals surface area contributed by atoms with Crippen LogP contribution in [-0.2, 0) is 4.43 Å². The summed E-state index contributed by atoms with van der Waals surface area (Å²) in [5, 5.41) is 7.00. The van der Waals surface area contributed by atoms with E-state index < -0.39 is 8.32 Å². The predicted octanol–water partition coefficient (Wildman–Crippen LogP) is 4.81. The molecular formula is C15H28N2OSSi. The van der Waals surface area contributed by atoms with Crippen LogP contribution in [0.3, 0.4) is 0 Å². The van der Waals surface area contributed by atoms with E-state index in [0.29, 0.717) is 12.1 Å². The first-order valence-electron chi connectivity index (χ1n) is 7.55. The molecule has 1 aromatic rings. The van der Waals surface area contributed by atoms with Crippen LogP contribution in [0.15, 0.2) is 5.38 Å². The Hall–Kier alpha value is -0.393. The van der Waals surface area contributed by atoms with Gasteiger partial charge in [0.2, 0.25) is 0 Å². The summed E-state index contributed by atoms with van der Waals surface area (Å²) < 4.78 is 6.61. The van der Waals surface area contributed by atoms with Crippen molar-refractivity contribution < 1.29 is 4.43 Å². The Morgan fingerprint density at radius 3 is 2.60 bits per heavy atom. The number of hydrogen-bond donors (Lipinski definition) is 1. The Balaban J connectivity index is 2.01. The third-order valence-electron chi connectivity index (χ3n) is 4.63. The standard InChI is InChI=1S/C15H28N2OSSi/c1-11-10-19-14(16-11)17-12-8-7-9-13(12)18-20(5,6)15(2,3)4/h10,12-13H,7-9H2,1-6H3,(H,16,17). The topological polar surface area (TPSA) is 34.1 Å². The smallest absolute Gasteiger partial charge is 0.192 e. The molecule has 1 aliphatic carbocycles. The van der Waals surface area contributed by atoms with E-state index >= 15 is 0 Å². The molecule has 1 heterocycles. The van der Waals surface area contributed by atoms with Crippen molar-refractivity contribution in [2.75, 3.05) is 5.32 Å². The van der Waals surface area contributed by atoms with E-state index in [4.69, 9.17) is 4.43 Å². The Labute approximate surface area is 128 Å². The minimum atomic E-state index is -1.68. The monoisotopic (exact) mass is 312 g/mol. The molecule has 20 heavy (non-hydrogen) atoms. The van der Waals surface area contributed by atoms with Gasteiger partial charge in [0.1, 0.15) is 0 Å². The summed E-state index contributed by atoms with van der Waals surface area (Å²) in [7, 11) is -1.68. The largest absolute Gasteiger partial charge is 0.412 e. The lowest BCUT2D eigenvalue weighted by Gasteiger charge is -2.40. The molecule has 2 rings (SSSR count). The van der Waals surface area contributed by atoms with Crippen LogP contribution in [-0.4, -0.2) is 25.4 Å². The summed E-state index contributed by atoms with van der Waals surface area (Å²) in [6, 6.07) is 0.426. The van der Waals surface area contributed by atoms with Crippen molar-refractivity contribution >= 4 is 24.8 Å². The molecule has 0 aromatic carbocycles. The zero-order chi connectivity index (χ0) is 15.0. The van der Waals surface area contributed by atoms with Gasteiger partial charge in [-0.2, -0.15) is 0 Å². The number of nitrogens with one attached hydrogen (secondary N) is 1. The van der Waals surface area contributed by atoms with Gasteiger partial charge >= 0.3 is 0 Å². The maximum Gasteiger partial charge on any atom is 0.192 e. The molecule has 114 valence electrons. The van der Waals surface area contributed by atoms with Crippen LogP contribution in [0.25, 0.3) is 0 Å². The van der Waals surface area contributed by atoms with Crippen molar-refractivity contribution in [1.29, 1.82) is 0 Å². The van der Waals surface area contributed by atoms with Gasteiger partial charge < -0.3 is 9.74 Å². The molecular weight excluding hydrogens is 284 g/mol. The normalized spacial score (nSPS) is 24.1. The third-order valence-corrected chi connectivity index (χ3v) is 10.0. The number of anilines is 1. The van der Waals surface area contributed by atoms with Gasteiger partial charge in [0.15, 0.2) is 13.4 Å². The average Bonchev–Trinajstić information content (AvgIpc) is 2.88. The van der Waals surface area contributed by atoms with Crippen LogP contribution in [0.1, 0.15) is 45.7 Å². The van der Waals surface area contributed by atoms with Crippen molar-refractivity contribution in [3.8, 4) is 0 Å². The fourth-order valence-electron chi connectivity index (χ4n) is 2.37. The number of aromatic nitrogens is 1. The molecule has 0 aliphatic heterocycles. The second kappa shape index (κ2) is 5.77. The van der Waals surface area contributed by atoms with Gasteiger partial charge in [0, 0.05) is 5.38 Å². The maximum atomic E-state index is 6.61. The van der Waals surface area contributed by atoms with Crippen molar-refractivity contribution in [3.63, 3.8) is 0 Å². The summed E-state index contributed by atoms with van der Waals surface area (Å²) in [5.41, 5.74) is 1.09. The van der Waals surface area contributed by atoms with Gasteiger partial charge in [0.25, 0.3) is 0 Å². The number of hydrogen-bond acceptors (Lipinski definition) is 4. The summed E-state index contributed by atoms with van der Waals surface area (Å²) >= 11 is 1.70. The highest BCUT2D eigenvalue weighted by atomic mass is 32.1. The molecule has 3 nitrogen and oxygen atoms in total. The van der Waals surface area contributed by atoms with E-state index in [0.717, 1.165) is 10.8 Å². The Morgan fingerprint density at radius 2 is 2.05 bits per heavy atom. The summed E-state index contributed by atoms with van der Waals surface area (Å²) in [6.07, 6.45) is 3.97. The predicted molar refractivity (Wildman–Crippen MR) is 90.2 cm³/mol. The van der Waals surface area contributed by atoms with Gasteiger partial charge in [-0.1, -0.05) is 20.8 Å². The highest BCUT2D eigenvalue weighted by molar-refractivity contribution is 7.13. The van der Waals surface area contributed by atoms with E-state index in [2.05, 4.69) is 49.5 Å². The van der Waals surface area contributed by atoms with Crippen LogP contribution in [0.2, 0.25) is 18.1 Å². The second-order valence-corrected chi connectivity index (χ2v) is 13.0. The highest BCUT2D eigenvalue weighted by Crippen LogP contribution is 2.40. The molecule has 0 radical (unpaired) electrons. The van der Waals surface area contributed by atoms with Crippen LogP contribution in [0, 0.1) is 6.92 Å². The molecule has 2 unspecified atom stereocenters. The van der Waals surface area contributed by atoms with E-state index in [1.54, 1.807) is 11.3 Å². The zero-order valence-electron chi connectivity index (χ0n) is 13.6. The average molecular weight is 313 g/mol. The van der Waals surface area contributed by atoms with Gasteiger partial charge in [-0.15, -0.1) is 11.3 Å². The molecule has 1 aromatic heterocycles. The SMILES string of the molecule is Cc1csc(NC2CCCC2O[Si](C)(C)C(C)(C)C)n1. The second-order valence-electron chi connectivity index (χ2n) is 7.39. The first-order chi connectivity index (χ1) is 9.19. The van der Waals surface area contributed by atoms with Gasteiger partial charge in [-0.25, -0.2) is 4.98 Å². The minimum Gasteiger partial charge on any atom is -0.412 e. The number of rotatable bonds is 4. The fraction of sp³-hybridized carbons (Fsp3) is 0.800. The molecule has 5 heteroatoms. The lowest BCUT2D eigenvalue weighted by molar-refractivity contribution is 0.177. The first-order valence-corrected chi connectivity index (χ1v) is 11.3. The lowest BCUT2D eigenvalue weighted by atomic mass is 10.2. The van der Waals surface area contributed by atoms with Gasteiger partial charge in [0.05, 0.1) is 17.8 Å². The molecule has 1 aliphatic rings. The molecule has 0 bridgehead atoms. The minimum absolute atomic E-state index is 0.276. The molecule has 0 amide bonds. The Bertz CT molecular complexity index is 453. The molecule has 1 N–H and O–H groups in total. The molecule has 1 fully saturated rings. The van der Waals surface area contributed by atoms with Crippen molar-refractivity contribution in [3.05, 3.63) is 11.1 Å². The summed E-state index contributed by atoms with van der Waals surface area (Å²) in [4.78, 5) is 4.52. The lowest BCUT2D eigenvalue weighted by Crippen LogP contribution is -2.47. The Morgan fingerprint density at radius 1 is 1.35 bits per heavy atom. The molecule has 2 atom stereocenters. The van der Waals surface area contributed by atoms with E-state index in [1.807, 2.05) is 6.92 Å². The third kappa shape index (κ3) is 3.62. The van der Waals surface area contributed by atoms with Crippen LogP contribution in [0.4, 0.5) is 5.13 Å². The Kier molecular flexibility index (Phi) is 4.62. The maximum absolute atomic E-state index is 6.61. The van der Waals surface area contributed by atoms with Crippen LogP contribution >= 0.6 is 11.3 Å². The van der Waals surface area contributed by atoms with Crippen LogP contribution in [0.5, 0.6) is 0 Å². The summed E-state index contributed by atoms with van der Waals surface area (Å²) in [6.45, 7) is 13.6. The molecule has 1 saturated carbocycles. The number of aryl methyl sites for hydroxylation is 1. The number of thiazole rings is 1. The molecule has 0 spiro atoms. The van der Waals surface area contributed by atoms with Crippen molar-refractivity contribution in [1.82, 2.24) is 4.98 Å². The van der Waals surface area contributed by atoms with Gasteiger partial charge in [-0.05, 0) is 44.3 Å². The quantitative estimate of drug-likeness (QED) is 0.810. The fourth-order valence-corrected chi connectivity index (χ4v) is 4.51. The van der Waals surface area contributed by atoms with E-state index in [9.17, 15) is 0 Å². The zero-order valence-corrected chi connectivity index (χ0v) is 15.4. The molecule has 0 saturated heterocycles. The van der Waals surface area contributed by atoms with E-state index in [1.165, 1.54) is 19.3 Å². The van der Waals surface area contributed by atoms with Gasteiger partial charge in [-0.3, -0.25) is 0 Å². The summed E-state index contributed by atoms with van der Waals surface area (Å²) in [5.74, 6) is 0. The highest BCUT2D eigenvalue weighted by Gasteiger charge is 2.42.